The molecule has 0 radical (unpaired) electrons. The van der Waals surface area contributed by atoms with Crippen molar-refractivity contribution in [2.75, 3.05) is 13.7 Å². The predicted molar refractivity (Wildman–Crippen MR) is 117 cm³/mol. The largest absolute Gasteiger partial charge is 0.468 e. The van der Waals surface area contributed by atoms with Gasteiger partial charge in [-0.1, -0.05) is 23.7 Å². The minimum atomic E-state index is -0.420. The Labute approximate surface area is 185 Å². The van der Waals surface area contributed by atoms with E-state index in [4.69, 9.17) is 16.3 Å². The summed E-state index contributed by atoms with van der Waals surface area (Å²) in [6.45, 7) is 1.09. The predicted octanol–water partition coefficient (Wildman–Crippen LogP) is 3.07. The molecule has 1 amide bonds. The Morgan fingerprint density at radius 1 is 1.19 bits per heavy atom. The van der Waals surface area contributed by atoms with Crippen molar-refractivity contribution < 1.29 is 14.3 Å². The third kappa shape index (κ3) is 4.95. The molecule has 8 heteroatoms. The standard InChI is InChI=1S/C23H23ClN4O3/c1-31-23(30)21-13-19(15-27(21)14-16-4-2-5-18(24)12-16)26-22(29)17-6-8-20(9-7-17)28-11-3-10-25-28/h2-12,19,21H,13-15H2,1H3,(H,26,29)/t19-,21-/m0/s1. The third-order valence-electron chi connectivity index (χ3n) is 5.39. The maximum absolute atomic E-state index is 12.8. The van der Waals surface area contributed by atoms with Crippen LogP contribution >= 0.6 is 11.6 Å². The number of aromatic nitrogens is 2. The molecular weight excluding hydrogens is 416 g/mol. The lowest BCUT2D eigenvalue weighted by molar-refractivity contribution is -0.146. The van der Waals surface area contributed by atoms with E-state index in [9.17, 15) is 9.59 Å². The first-order valence-corrected chi connectivity index (χ1v) is 10.4. The number of likely N-dealkylation sites (tertiary alicyclic amines) is 1. The van der Waals surface area contributed by atoms with E-state index < -0.39 is 6.04 Å². The van der Waals surface area contributed by atoms with Gasteiger partial charge in [0.25, 0.3) is 5.91 Å². The highest BCUT2D eigenvalue weighted by Crippen LogP contribution is 2.23. The highest BCUT2D eigenvalue weighted by molar-refractivity contribution is 6.30. The van der Waals surface area contributed by atoms with Gasteiger partial charge in [-0.3, -0.25) is 14.5 Å². The molecule has 1 aliphatic heterocycles. The van der Waals surface area contributed by atoms with Crippen molar-refractivity contribution in [3.05, 3.63) is 83.1 Å². The number of esters is 1. The SMILES string of the molecule is COC(=O)[C@@H]1C[C@H](NC(=O)c2ccc(-n3cccn3)cc2)CN1Cc1cccc(Cl)c1. The lowest BCUT2D eigenvalue weighted by Gasteiger charge is -2.22. The van der Waals surface area contributed by atoms with Gasteiger partial charge in [0, 0.05) is 42.1 Å². The Balaban J connectivity index is 1.43. The van der Waals surface area contributed by atoms with E-state index in [0.29, 0.717) is 30.1 Å². The number of carbonyl (C=O) groups is 2. The molecule has 1 fully saturated rings. The van der Waals surface area contributed by atoms with Gasteiger partial charge in [0.2, 0.25) is 0 Å². The Morgan fingerprint density at radius 3 is 2.68 bits per heavy atom. The number of halogens is 1. The minimum absolute atomic E-state index is 0.165. The van der Waals surface area contributed by atoms with Gasteiger partial charge in [0.1, 0.15) is 6.04 Å². The van der Waals surface area contributed by atoms with E-state index in [-0.39, 0.29) is 17.9 Å². The lowest BCUT2D eigenvalue weighted by atomic mass is 10.1. The average Bonchev–Trinajstić information content (AvgIpc) is 3.44. The van der Waals surface area contributed by atoms with Gasteiger partial charge in [0.05, 0.1) is 12.8 Å². The monoisotopic (exact) mass is 438 g/mol. The van der Waals surface area contributed by atoms with Gasteiger partial charge in [-0.15, -0.1) is 0 Å². The zero-order valence-corrected chi connectivity index (χ0v) is 17.8. The van der Waals surface area contributed by atoms with Crippen LogP contribution in [0.1, 0.15) is 22.3 Å². The molecule has 2 aromatic carbocycles. The summed E-state index contributed by atoms with van der Waals surface area (Å²) in [5.74, 6) is -0.479. The summed E-state index contributed by atoms with van der Waals surface area (Å²) in [7, 11) is 1.38. The molecule has 0 aliphatic carbocycles. The molecule has 0 saturated carbocycles. The summed E-state index contributed by atoms with van der Waals surface area (Å²) in [5, 5.41) is 7.88. The number of ether oxygens (including phenoxy) is 1. The van der Waals surface area contributed by atoms with Gasteiger partial charge in [0.15, 0.2) is 0 Å². The molecule has 160 valence electrons. The summed E-state index contributed by atoms with van der Waals surface area (Å²) >= 11 is 6.09. The van der Waals surface area contributed by atoms with Gasteiger partial charge in [-0.25, -0.2) is 4.68 Å². The summed E-state index contributed by atoms with van der Waals surface area (Å²) in [4.78, 5) is 27.1. The van der Waals surface area contributed by atoms with Crippen LogP contribution in [-0.2, 0) is 16.1 Å². The number of methoxy groups -OCH3 is 1. The Morgan fingerprint density at radius 2 is 2.00 bits per heavy atom. The normalized spacial score (nSPS) is 18.6. The van der Waals surface area contributed by atoms with Crippen LogP contribution in [0.4, 0.5) is 0 Å². The number of carbonyl (C=O) groups excluding carboxylic acids is 2. The minimum Gasteiger partial charge on any atom is -0.468 e. The maximum Gasteiger partial charge on any atom is 0.323 e. The zero-order chi connectivity index (χ0) is 21.8. The first-order chi connectivity index (χ1) is 15.0. The molecule has 1 aromatic heterocycles. The molecule has 0 spiro atoms. The quantitative estimate of drug-likeness (QED) is 0.598. The van der Waals surface area contributed by atoms with Crippen molar-refractivity contribution in [2.24, 2.45) is 0 Å². The second-order valence-corrected chi connectivity index (χ2v) is 7.94. The van der Waals surface area contributed by atoms with Crippen LogP contribution < -0.4 is 5.32 Å². The number of amides is 1. The van der Waals surface area contributed by atoms with Gasteiger partial charge in [-0.05, 0) is 54.4 Å². The van der Waals surface area contributed by atoms with E-state index in [2.05, 4.69) is 10.4 Å². The second-order valence-electron chi connectivity index (χ2n) is 7.50. The molecule has 0 bridgehead atoms. The van der Waals surface area contributed by atoms with E-state index in [0.717, 1.165) is 11.3 Å². The lowest BCUT2D eigenvalue weighted by Crippen LogP contribution is -2.37. The number of nitrogens with one attached hydrogen (secondary N) is 1. The van der Waals surface area contributed by atoms with E-state index in [1.165, 1.54) is 7.11 Å². The smallest absolute Gasteiger partial charge is 0.323 e. The molecule has 2 heterocycles. The Kier molecular flexibility index (Phi) is 6.34. The van der Waals surface area contributed by atoms with Crippen molar-refractivity contribution in [1.82, 2.24) is 20.0 Å². The fourth-order valence-electron chi connectivity index (χ4n) is 3.89. The summed E-state index contributed by atoms with van der Waals surface area (Å²) in [6.07, 6.45) is 4.03. The molecule has 31 heavy (non-hydrogen) atoms. The van der Waals surface area contributed by atoms with Crippen molar-refractivity contribution in [3.63, 3.8) is 0 Å². The highest BCUT2D eigenvalue weighted by atomic mass is 35.5. The fraction of sp³-hybridized carbons (Fsp3) is 0.261. The maximum atomic E-state index is 12.8. The summed E-state index contributed by atoms with van der Waals surface area (Å²) < 4.78 is 6.71. The van der Waals surface area contributed by atoms with E-state index >= 15 is 0 Å². The van der Waals surface area contributed by atoms with Crippen LogP contribution in [0.15, 0.2) is 67.0 Å². The third-order valence-corrected chi connectivity index (χ3v) is 5.62. The number of hydrogen-bond acceptors (Lipinski definition) is 5. The molecule has 2 atom stereocenters. The Bertz CT molecular complexity index is 1050. The van der Waals surface area contributed by atoms with Gasteiger partial charge < -0.3 is 10.1 Å². The highest BCUT2D eigenvalue weighted by Gasteiger charge is 2.38. The first-order valence-electron chi connectivity index (χ1n) is 10.0. The first kappa shape index (κ1) is 21.1. The van der Waals surface area contributed by atoms with Crippen LogP contribution in [-0.4, -0.2) is 52.3 Å². The van der Waals surface area contributed by atoms with Crippen LogP contribution in [0.5, 0.6) is 0 Å². The molecular formula is C23H23ClN4O3. The molecule has 7 nitrogen and oxygen atoms in total. The van der Waals surface area contributed by atoms with Crippen molar-refractivity contribution in [3.8, 4) is 5.69 Å². The Hall–Kier alpha value is -3.16. The molecule has 0 unspecified atom stereocenters. The summed E-state index contributed by atoms with van der Waals surface area (Å²) in [6, 6.07) is 16.0. The van der Waals surface area contributed by atoms with Crippen LogP contribution in [0.25, 0.3) is 5.69 Å². The van der Waals surface area contributed by atoms with Crippen molar-refractivity contribution in [2.45, 2.75) is 25.0 Å². The van der Waals surface area contributed by atoms with Crippen molar-refractivity contribution in [1.29, 1.82) is 0 Å². The molecule has 4 rings (SSSR count). The topological polar surface area (TPSA) is 76.5 Å². The number of benzene rings is 2. The number of nitrogens with zero attached hydrogens (tertiary/aromatic N) is 3. The van der Waals surface area contributed by atoms with Gasteiger partial charge >= 0.3 is 5.97 Å². The van der Waals surface area contributed by atoms with Crippen molar-refractivity contribution >= 4 is 23.5 Å². The molecule has 1 aliphatic rings. The summed E-state index contributed by atoms with van der Waals surface area (Å²) in [5.41, 5.74) is 2.43. The van der Waals surface area contributed by atoms with Crippen LogP contribution in [0, 0.1) is 0 Å². The molecule has 1 saturated heterocycles. The van der Waals surface area contributed by atoms with Gasteiger partial charge in [-0.2, -0.15) is 5.10 Å². The number of hydrogen-bond donors (Lipinski definition) is 1. The average molecular weight is 439 g/mol. The second kappa shape index (κ2) is 9.32. The van der Waals surface area contributed by atoms with E-state index in [1.807, 2.05) is 53.6 Å². The fourth-order valence-corrected chi connectivity index (χ4v) is 4.10. The molecule has 3 aromatic rings. The van der Waals surface area contributed by atoms with Crippen LogP contribution in [0.3, 0.4) is 0 Å². The zero-order valence-electron chi connectivity index (χ0n) is 17.1. The van der Waals surface area contributed by atoms with E-state index in [1.54, 1.807) is 23.0 Å². The molecule has 1 N–H and O–H groups in total. The van der Waals surface area contributed by atoms with Crippen LogP contribution in [0.2, 0.25) is 5.02 Å². The number of rotatable bonds is 6.